The number of hydrogen-bond acceptors (Lipinski definition) is 2. The SMILES string of the molecule is CN1CCSC1Br. The lowest BCUT2D eigenvalue weighted by molar-refractivity contribution is 0.421. The molecule has 1 aliphatic rings. The van der Waals surface area contributed by atoms with Gasteiger partial charge in [0.15, 0.2) is 0 Å². The second-order valence-electron chi connectivity index (χ2n) is 1.64. The molecule has 1 fully saturated rings. The summed E-state index contributed by atoms with van der Waals surface area (Å²) in [6.07, 6.45) is 0. The van der Waals surface area contributed by atoms with E-state index in [-0.39, 0.29) is 0 Å². The quantitative estimate of drug-likeness (QED) is 0.411. The molecular weight excluding hydrogens is 174 g/mol. The number of nitrogens with zero attached hydrogens (tertiary/aromatic N) is 1. The maximum atomic E-state index is 3.49. The molecule has 1 aliphatic heterocycles. The molecule has 7 heavy (non-hydrogen) atoms. The van der Waals surface area contributed by atoms with Crippen molar-refractivity contribution in [2.24, 2.45) is 0 Å². The van der Waals surface area contributed by atoms with Gasteiger partial charge in [-0.1, -0.05) is 15.9 Å². The van der Waals surface area contributed by atoms with Crippen LogP contribution in [0.15, 0.2) is 0 Å². The van der Waals surface area contributed by atoms with E-state index in [0.29, 0.717) is 4.28 Å². The standard InChI is InChI=1S/C4H8BrNS/c1-6-2-3-7-4(6)5/h4H,2-3H2,1H3. The number of thioether (sulfide) groups is 1. The number of alkyl halides is 1. The molecule has 0 aromatic rings. The third-order valence-corrected chi connectivity index (χ3v) is 3.59. The zero-order valence-electron chi connectivity index (χ0n) is 4.22. The Morgan fingerprint density at radius 1 is 1.86 bits per heavy atom. The van der Waals surface area contributed by atoms with Crippen molar-refractivity contribution in [1.29, 1.82) is 0 Å². The van der Waals surface area contributed by atoms with Crippen LogP contribution in [0, 0.1) is 0 Å². The van der Waals surface area contributed by atoms with Crippen LogP contribution in [0.3, 0.4) is 0 Å². The van der Waals surface area contributed by atoms with Gasteiger partial charge in [-0.3, -0.25) is 4.90 Å². The van der Waals surface area contributed by atoms with Crippen molar-refractivity contribution in [3.8, 4) is 0 Å². The van der Waals surface area contributed by atoms with Crippen LogP contribution < -0.4 is 0 Å². The van der Waals surface area contributed by atoms with E-state index in [1.807, 2.05) is 11.8 Å². The van der Waals surface area contributed by atoms with E-state index >= 15 is 0 Å². The lowest BCUT2D eigenvalue weighted by Crippen LogP contribution is -2.17. The van der Waals surface area contributed by atoms with Gasteiger partial charge in [0, 0.05) is 12.3 Å². The molecule has 0 aliphatic carbocycles. The van der Waals surface area contributed by atoms with Crippen molar-refractivity contribution >= 4 is 27.7 Å². The van der Waals surface area contributed by atoms with Gasteiger partial charge in [0.05, 0.1) is 0 Å². The van der Waals surface area contributed by atoms with Gasteiger partial charge in [-0.25, -0.2) is 0 Å². The van der Waals surface area contributed by atoms with Gasteiger partial charge in [0.2, 0.25) is 0 Å². The largest absolute Gasteiger partial charge is 0.285 e. The minimum absolute atomic E-state index is 0.576. The summed E-state index contributed by atoms with van der Waals surface area (Å²) >= 11 is 5.44. The monoisotopic (exact) mass is 181 g/mol. The third-order valence-electron chi connectivity index (χ3n) is 1.05. The Hall–Kier alpha value is 0.790. The lowest BCUT2D eigenvalue weighted by Gasteiger charge is -2.08. The Kier molecular flexibility index (Phi) is 2.01. The minimum atomic E-state index is 0.576. The summed E-state index contributed by atoms with van der Waals surface area (Å²) in [7, 11) is 2.12. The Balaban J connectivity index is 2.33. The molecular formula is C4H8BrNS. The normalized spacial score (nSPS) is 34.3. The molecule has 1 rings (SSSR count). The fourth-order valence-electron chi connectivity index (χ4n) is 0.523. The molecule has 1 nitrogen and oxygen atoms in total. The van der Waals surface area contributed by atoms with Crippen LogP contribution in [0.4, 0.5) is 0 Å². The highest BCUT2D eigenvalue weighted by molar-refractivity contribution is 9.11. The molecule has 1 saturated heterocycles. The van der Waals surface area contributed by atoms with E-state index < -0.39 is 0 Å². The highest BCUT2D eigenvalue weighted by Gasteiger charge is 2.16. The van der Waals surface area contributed by atoms with E-state index in [0.717, 1.165) is 0 Å². The molecule has 3 heteroatoms. The molecule has 0 N–H and O–H groups in total. The first kappa shape index (κ1) is 5.92. The smallest absolute Gasteiger partial charge is 0.112 e. The average Bonchev–Trinajstić information content (AvgIpc) is 1.91. The summed E-state index contributed by atoms with van der Waals surface area (Å²) in [5.41, 5.74) is 0. The Morgan fingerprint density at radius 3 is 2.71 bits per heavy atom. The first-order valence-corrected chi connectivity index (χ1v) is 4.23. The third kappa shape index (κ3) is 1.34. The van der Waals surface area contributed by atoms with Gasteiger partial charge in [-0.2, -0.15) is 0 Å². The van der Waals surface area contributed by atoms with Crippen molar-refractivity contribution < 1.29 is 0 Å². The molecule has 0 saturated carbocycles. The van der Waals surface area contributed by atoms with Crippen LogP contribution in [-0.2, 0) is 0 Å². The molecule has 1 heterocycles. The van der Waals surface area contributed by atoms with Gasteiger partial charge in [0.1, 0.15) is 4.28 Å². The van der Waals surface area contributed by atoms with E-state index in [2.05, 4.69) is 27.9 Å². The van der Waals surface area contributed by atoms with Crippen LogP contribution in [0.1, 0.15) is 0 Å². The Labute approximate surface area is 56.6 Å². The molecule has 0 bridgehead atoms. The van der Waals surface area contributed by atoms with E-state index in [1.54, 1.807) is 0 Å². The van der Waals surface area contributed by atoms with Gasteiger partial charge in [-0.15, -0.1) is 11.8 Å². The summed E-state index contributed by atoms with van der Waals surface area (Å²) < 4.78 is 0.576. The highest BCUT2D eigenvalue weighted by atomic mass is 79.9. The molecule has 42 valence electrons. The van der Waals surface area contributed by atoms with Gasteiger partial charge in [-0.05, 0) is 7.05 Å². The summed E-state index contributed by atoms with van der Waals surface area (Å²) in [6, 6.07) is 0. The summed E-state index contributed by atoms with van der Waals surface area (Å²) in [4.78, 5) is 2.28. The Morgan fingerprint density at radius 2 is 2.57 bits per heavy atom. The molecule has 0 radical (unpaired) electrons. The maximum absolute atomic E-state index is 3.49. The highest BCUT2D eigenvalue weighted by Crippen LogP contribution is 2.25. The van der Waals surface area contributed by atoms with Crippen molar-refractivity contribution in [2.45, 2.75) is 4.28 Å². The van der Waals surface area contributed by atoms with Crippen LogP contribution in [0.25, 0.3) is 0 Å². The van der Waals surface area contributed by atoms with Crippen molar-refractivity contribution in [1.82, 2.24) is 4.90 Å². The maximum Gasteiger partial charge on any atom is 0.112 e. The topological polar surface area (TPSA) is 3.24 Å². The first-order chi connectivity index (χ1) is 3.30. The lowest BCUT2D eigenvalue weighted by atomic mass is 10.7. The molecule has 1 atom stereocenters. The summed E-state index contributed by atoms with van der Waals surface area (Å²) in [5, 5.41) is 0. The molecule has 1 unspecified atom stereocenters. The number of hydrogen-bond donors (Lipinski definition) is 0. The van der Waals surface area contributed by atoms with E-state index in [9.17, 15) is 0 Å². The second kappa shape index (κ2) is 2.37. The second-order valence-corrected chi connectivity index (χ2v) is 4.31. The van der Waals surface area contributed by atoms with Gasteiger partial charge < -0.3 is 0 Å². The predicted octanol–water partition coefficient (Wildman–Crippen LogP) is 1.34. The van der Waals surface area contributed by atoms with Crippen LogP contribution in [0.5, 0.6) is 0 Å². The van der Waals surface area contributed by atoms with Crippen molar-refractivity contribution in [3.63, 3.8) is 0 Å². The molecule has 0 aromatic carbocycles. The van der Waals surface area contributed by atoms with Crippen LogP contribution in [0.2, 0.25) is 0 Å². The summed E-state index contributed by atoms with van der Waals surface area (Å²) in [6.45, 7) is 1.22. The fourth-order valence-corrected chi connectivity index (χ4v) is 2.24. The average molecular weight is 182 g/mol. The molecule has 0 amide bonds. The zero-order valence-corrected chi connectivity index (χ0v) is 6.63. The van der Waals surface area contributed by atoms with Crippen molar-refractivity contribution in [2.75, 3.05) is 19.3 Å². The zero-order chi connectivity index (χ0) is 5.28. The molecule has 0 spiro atoms. The first-order valence-electron chi connectivity index (χ1n) is 2.26. The van der Waals surface area contributed by atoms with E-state index in [4.69, 9.17) is 0 Å². The van der Waals surface area contributed by atoms with Crippen LogP contribution >= 0.6 is 27.7 Å². The predicted molar refractivity (Wildman–Crippen MR) is 37.8 cm³/mol. The van der Waals surface area contributed by atoms with Gasteiger partial charge >= 0.3 is 0 Å². The number of rotatable bonds is 0. The number of halogens is 1. The van der Waals surface area contributed by atoms with Crippen molar-refractivity contribution in [3.05, 3.63) is 0 Å². The van der Waals surface area contributed by atoms with E-state index in [1.165, 1.54) is 12.3 Å². The van der Waals surface area contributed by atoms with Gasteiger partial charge in [0.25, 0.3) is 0 Å². The fraction of sp³-hybridized carbons (Fsp3) is 1.00. The Bertz CT molecular complexity index is 60.7. The summed E-state index contributed by atoms with van der Waals surface area (Å²) in [5.74, 6) is 1.27. The molecule has 0 aromatic heterocycles. The van der Waals surface area contributed by atoms with Crippen LogP contribution in [-0.4, -0.2) is 28.5 Å². The minimum Gasteiger partial charge on any atom is -0.285 e.